The van der Waals surface area contributed by atoms with Crippen LogP contribution in [-0.4, -0.2) is 6.54 Å². The molecule has 1 unspecified atom stereocenters. The zero-order valence-corrected chi connectivity index (χ0v) is 14.2. The van der Waals surface area contributed by atoms with E-state index >= 15 is 0 Å². The number of nitrogens with one attached hydrogen (secondary N) is 1. The Balaban J connectivity index is 2.16. The Bertz CT molecular complexity index is 571. The summed E-state index contributed by atoms with van der Waals surface area (Å²) in [6.45, 7) is 3.07. The first-order valence-corrected chi connectivity index (χ1v) is 8.07. The molecule has 0 aliphatic rings. The molecule has 1 aromatic heterocycles. The maximum absolute atomic E-state index is 6.07. The Morgan fingerprint density at radius 1 is 1.20 bits per heavy atom. The van der Waals surface area contributed by atoms with Crippen LogP contribution in [0.4, 0.5) is 0 Å². The monoisotopic (exact) mass is 375 g/mol. The van der Waals surface area contributed by atoms with Crippen LogP contribution in [0.5, 0.6) is 0 Å². The van der Waals surface area contributed by atoms with Crippen LogP contribution in [0.15, 0.2) is 39.4 Å². The molecule has 1 N–H and O–H groups in total. The lowest BCUT2D eigenvalue weighted by Gasteiger charge is -2.16. The average molecular weight is 377 g/mol. The van der Waals surface area contributed by atoms with E-state index in [0.29, 0.717) is 10.0 Å². The highest BCUT2D eigenvalue weighted by atomic mass is 79.9. The molecular formula is C15H16BrCl2NO. The third kappa shape index (κ3) is 4.26. The van der Waals surface area contributed by atoms with Crippen molar-refractivity contribution in [1.82, 2.24) is 5.32 Å². The van der Waals surface area contributed by atoms with Crippen LogP contribution in [0.1, 0.15) is 30.7 Å². The van der Waals surface area contributed by atoms with E-state index in [-0.39, 0.29) is 6.04 Å². The lowest BCUT2D eigenvalue weighted by atomic mass is 10.0. The van der Waals surface area contributed by atoms with Gasteiger partial charge in [-0.15, -0.1) is 0 Å². The Hall–Kier alpha value is -0.480. The van der Waals surface area contributed by atoms with Gasteiger partial charge in [-0.05, 0) is 65.1 Å². The van der Waals surface area contributed by atoms with Crippen molar-refractivity contribution in [2.24, 2.45) is 0 Å². The van der Waals surface area contributed by atoms with Crippen LogP contribution < -0.4 is 5.32 Å². The van der Waals surface area contributed by atoms with Crippen LogP contribution in [0.3, 0.4) is 0 Å². The number of rotatable bonds is 6. The summed E-state index contributed by atoms with van der Waals surface area (Å²) >= 11 is 15.4. The zero-order valence-electron chi connectivity index (χ0n) is 11.1. The predicted molar refractivity (Wildman–Crippen MR) is 87.6 cm³/mol. The summed E-state index contributed by atoms with van der Waals surface area (Å²) in [5.41, 5.74) is 1.13. The summed E-state index contributed by atoms with van der Waals surface area (Å²) in [4.78, 5) is 0. The molecule has 0 spiro atoms. The molecule has 5 heteroatoms. The molecule has 108 valence electrons. The zero-order chi connectivity index (χ0) is 14.5. The number of hydrogen-bond acceptors (Lipinski definition) is 2. The minimum absolute atomic E-state index is 0.124. The third-order valence-electron chi connectivity index (χ3n) is 3.00. The van der Waals surface area contributed by atoms with Crippen LogP contribution in [0.25, 0.3) is 0 Å². The Morgan fingerprint density at radius 3 is 2.60 bits per heavy atom. The molecule has 0 amide bonds. The van der Waals surface area contributed by atoms with Gasteiger partial charge in [0.2, 0.25) is 0 Å². The topological polar surface area (TPSA) is 25.2 Å². The smallest absolute Gasteiger partial charge is 0.169 e. The van der Waals surface area contributed by atoms with E-state index in [0.717, 1.165) is 35.4 Å². The van der Waals surface area contributed by atoms with Crippen molar-refractivity contribution in [3.05, 3.63) is 56.4 Å². The molecule has 1 aromatic carbocycles. The van der Waals surface area contributed by atoms with E-state index in [2.05, 4.69) is 28.2 Å². The normalized spacial score (nSPS) is 12.6. The lowest BCUT2D eigenvalue weighted by molar-refractivity contribution is 0.400. The minimum Gasteiger partial charge on any atom is -0.453 e. The molecule has 0 aliphatic heterocycles. The van der Waals surface area contributed by atoms with Gasteiger partial charge in [0.05, 0.1) is 16.1 Å². The fraction of sp³-hybridized carbons (Fsp3) is 0.333. The molecular weight excluding hydrogens is 361 g/mol. The highest BCUT2D eigenvalue weighted by Gasteiger charge is 2.16. The highest BCUT2D eigenvalue weighted by Crippen LogP contribution is 2.27. The second-order valence-electron chi connectivity index (χ2n) is 4.60. The van der Waals surface area contributed by atoms with Gasteiger partial charge in [0.25, 0.3) is 0 Å². The maximum Gasteiger partial charge on any atom is 0.169 e. The van der Waals surface area contributed by atoms with Gasteiger partial charge in [-0.25, -0.2) is 0 Å². The molecule has 0 fully saturated rings. The van der Waals surface area contributed by atoms with Gasteiger partial charge in [-0.1, -0.05) is 36.2 Å². The van der Waals surface area contributed by atoms with Gasteiger partial charge in [-0.3, -0.25) is 0 Å². The number of benzene rings is 1. The summed E-state index contributed by atoms with van der Waals surface area (Å²) in [5.74, 6) is 0.913. The minimum atomic E-state index is 0.124. The molecule has 2 nitrogen and oxygen atoms in total. The summed E-state index contributed by atoms with van der Waals surface area (Å²) < 4.78 is 6.40. The van der Waals surface area contributed by atoms with E-state index in [1.807, 2.05) is 30.3 Å². The molecule has 0 aliphatic carbocycles. The van der Waals surface area contributed by atoms with Crippen molar-refractivity contribution in [1.29, 1.82) is 0 Å². The summed E-state index contributed by atoms with van der Waals surface area (Å²) in [7, 11) is 0. The molecule has 1 atom stereocenters. The van der Waals surface area contributed by atoms with Gasteiger partial charge in [0.1, 0.15) is 5.76 Å². The van der Waals surface area contributed by atoms with Crippen molar-refractivity contribution in [3.63, 3.8) is 0 Å². The second-order valence-corrected chi connectivity index (χ2v) is 6.20. The second kappa shape index (κ2) is 7.51. The first kappa shape index (κ1) is 15.9. The summed E-state index contributed by atoms with van der Waals surface area (Å²) in [6.07, 6.45) is 1.87. The van der Waals surface area contributed by atoms with Gasteiger partial charge in [0.15, 0.2) is 4.67 Å². The SMILES string of the molecule is CCCNC(Cc1ccc(Cl)c(Cl)c1)c1ccc(Br)o1. The molecule has 2 rings (SSSR count). The van der Waals surface area contributed by atoms with Gasteiger partial charge >= 0.3 is 0 Å². The van der Waals surface area contributed by atoms with E-state index in [1.165, 1.54) is 0 Å². The number of hydrogen-bond donors (Lipinski definition) is 1. The van der Waals surface area contributed by atoms with Gasteiger partial charge in [-0.2, -0.15) is 0 Å². The van der Waals surface area contributed by atoms with Gasteiger partial charge < -0.3 is 9.73 Å². The first-order chi connectivity index (χ1) is 9.60. The molecule has 0 radical (unpaired) electrons. The highest BCUT2D eigenvalue weighted by molar-refractivity contribution is 9.10. The standard InChI is InChI=1S/C15H16BrCl2NO/c1-2-7-19-13(14-5-6-15(16)20-14)9-10-3-4-11(17)12(18)8-10/h3-6,8,13,19H,2,7,9H2,1H3. The Morgan fingerprint density at radius 2 is 2.00 bits per heavy atom. The van der Waals surface area contributed by atoms with E-state index < -0.39 is 0 Å². The molecule has 1 heterocycles. The molecule has 0 saturated carbocycles. The molecule has 2 aromatic rings. The maximum atomic E-state index is 6.07. The van der Waals surface area contributed by atoms with Crippen molar-refractivity contribution < 1.29 is 4.42 Å². The van der Waals surface area contributed by atoms with Crippen molar-refractivity contribution in [2.75, 3.05) is 6.54 Å². The van der Waals surface area contributed by atoms with E-state index in [4.69, 9.17) is 27.6 Å². The predicted octanol–water partition coefficient (Wildman–Crippen LogP) is 5.63. The molecule has 0 saturated heterocycles. The average Bonchev–Trinajstić information content (AvgIpc) is 2.85. The number of furan rings is 1. The first-order valence-electron chi connectivity index (χ1n) is 6.52. The van der Waals surface area contributed by atoms with E-state index in [9.17, 15) is 0 Å². The summed E-state index contributed by atoms with van der Waals surface area (Å²) in [6, 6.07) is 9.74. The van der Waals surface area contributed by atoms with Crippen molar-refractivity contribution >= 4 is 39.1 Å². The fourth-order valence-corrected chi connectivity index (χ4v) is 2.65. The van der Waals surface area contributed by atoms with Crippen LogP contribution in [0.2, 0.25) is 10.0 Å². The van der Waals surface area contributed by atoms with Crippen molar-refractivity contribution in [2.45, 2.75) is 25.8 Å². The molecule has 20 heavy (non-hydrogen) atoms. The number of halogens is 3. The fourth-order valence-electron chi connectivity index (χ4n) is 2.01. The van der Waals surface area contributed by atoms with Crippen LogP contribution in [-0.2, 0) is 6.42 Å². The summed E-state index contributed by atoms with van der Waals surface area (Å²) in [5, 5.41) is 4.65. The van der Waals surface area contributed by atoms with Crippen LogP contribution in [0, 0.1) is 0 Å². The van der Waals surface area contributed by atoms with Crippen molar-refractivity contribution in [3.8, 4) is 0 Å². The van der Waals surface area contributed by atoms with Crippen LogP contribution >= 0.6 is 39.1 Å². The largest absolute Gasteiger partial charge is 0.453 e. The quantitative estimate of drug-likeness (QED) is 0.706. The van der Waals surface area contributed by atoms with Gasteiger partial charge in [0, 0.05) is 0 Å². The third-order valence-corrected chi connectivity index (χ3v) is 4.17. The van der Waals surface area contributed by atoms with E-state index in [1.54, 1.807) is 0 Å². The lowest BCUT2D eigenvalue weighted by Crippen LogP contribution is -2.23. The Kier molecular flexibility index (Phi) is 5.97. The molecule has 0 bridgehead atoms. The Labute approximate surface area is 137 Å².